The summed E-state index contributed by atoms with van der Waals surface area (Å²) in [5.74, 6) is 0.463. The Morgan fingerprint density at radius 2 is 2.23 bits per heavy atom. The third kappa shape index (κ3) is 3.53. The predicted molar refractivity (Wildman–Crippen MR) is 88.0 cm³/mol. The molecule has 1 atom stereocenters. The Hall–Kier alpha value is -0.910. The smallest absolute Gasteiger partial charge is 0.0720 e. The van der Waals surface area contributed by atoms with E-state index in [-0.39, 0.29) is 5.60 Å². The molecule has 1 saturated heterocycles. The highest BCUT2D eigenvalue weighted by atomic mass is 16.5. The second-order valence-electron chi connectivity index (χ2n) is 7.07. The average Bonchev–Trinajstić information content (AvgIpc) is 3.16. The van der Waals surface area contributed by atoms with Crippen molar-refractivity contribution in [1.29, 1.82) is 0 Å². The summed E-state index contributed by atoms with van der Waals surface area (Å²) in [5.41, 5.74) is 2.77. The lowest BCUT2D eigenvalue weighted by Crippen LogP contribution is -2.36. The van der Waals surface area contributed by atoms with Crippen LogP contribution in [-0.4, -0.2) is 54.5 Å². The predicted octanol–water partition coefficient (Wildman–Crippen LogP) is 2.27. The minimum atomic E-state index is 0.219. The zero-order valence-electron chi connectivity index (χ0n) is 14.0. The van der Waals surface area contributed by atoms with Crippen molar-refractivity contribution in [3.8, 4) is 0 Å². The van der Waals surface area contributed by atoms with E-state index in [2.05, 4.69) is 33.7 Å². The van der Waals surface area contributed by atoms with Crippen molar-refractivity contribution in [2.45, 2.75) is 56.6 Å². The van der Waals surface area contributed by atoms with Crippen molar-refractivity contribution < 1.29 is 4.74 Å². The van der Waals surface area contributed by atoms with E-state index in [4.69, 9.17) is 4.74 Å². The first-order valence-corrected chi connectivity index (χ1v) is 8.72. The van der Waals surface area contributed by atoms with Crippen LogP contribution in [0.5, 0.6) is 0 Å². The summed E-state index contributed by atoms with van der Waals surface area (Å²) < 4.78 is 6.31. The van der Waals surface area contributed by atoms with Crippen LogP contribution in [0.25, 0.3) is 0 Å². The van der Waals surface area contributed by atoms with E-state index in [0.29, 0.717) is 5.92 Å². The molecule has 124 valence electrons. The third-order valence-electron chi connectivity index (χ3n) is 5.38. The number of nitrogens with one attached hydrogen (secondary N) is 2. The van der Waals surface area contributed by atoms with E-state index >= 15 is 0 Å². The van der Waals surface area contributed by atoms with Gasteiger partial charge in [-0.15, -0.1) is 0 Å². The number of aromatic nitrogens is 2. The molecule has 0 unspecified atom stereocenters. The number of rotatable bonds is 6. The number of aromatic amines is 1. The summed E-state index contributed by atoms with van der Waals surface area (Å²) in [6, 6.07) is 0. The molecule has 1 aromatic heterocycles. The van der Waals surface area contributed by atoms with Crippen LogP contribution >= 0.6 is 0 Å². The molecule has 1 aromatic rings. The summed E-state index contributed by atoms with van der Waals surface area (Å²) in [7, 11) is 4.16. The lowest BCUT2D eigenvalue weighted by Gasteiger charge is -2.37. The normalized spacial score (nSPS) is 24.4. The van der Waals surface area contributed by atoms with Gasteiger partial charge in [0.15, 0.2) is 0 Å². The Morgan fingerprint density at radius 1 is 1.41 bits per heavy atom. The van der Waals surface area contributed by atoms with E-state index in [1.807, 2.05) is 7.05 Å². The van der Waals surface area contributed by atoms with Gasteiger partial charge in [-0.05, 0) is 39.8 Å². The van der Waals surface area contributed by atoms with Crippen molar-refractivity contribution in [3.05, 3.63) is 17.5 Å². The van der Waals surface area contributed by atoms with Crippen molar-refractivity contribution in [2.75, 3.05) is 33.8 Å². The lowest BCUT2D eigenvalue weighted by molar-refractivity contribution is -0.0824. The van der Waals surface area contributed by atoms with E-state index in [1.54, 1.807) is 0 Å². The first kappa shape index (κ1) is 16.0. The number of ether oxygens (including phenoxy) is 1. The van der Waals surface area contributed by atoms with Crippen LogP contribution in [0.2, 0.25) is 0 Å². The van der Waals surface area contributed by atoms with Crippen molar-refractivity contribution in [3.63, 3.8) is 0 Å². The summed E-state index contributed by atoms with van der Waals surface area (Å²) in [5, 5.41) is 10.8. The molecule has 3 rings (SSSR count). The second-order valence-corrected chi connectivity index (χ2v) is 7.07. The molecule has 0 radical (unpaired) electrons. The highest BCUT2D eigenvalue weighted by Crippen LogP contribution is 2.43. The van der Waals surface area contributed by atoms with E-state index in [1.165, 1.54) is 49.8 Å². The Bertz CT molecular complexity index is 457. The quantitative estimate of drug-likeness (QED) is 0.846. The first-order valence-electron chi connectivity index (χ1n) is 8.72. The Labute approximate surface area is 133 Å². The second kappa shape index (κ2) is 7.11. The summed E-state index contributed by atoms with van der Waals surface area (Å²) >= 11 is 0. The van der Waals surface area contributed by atoms with Gasteiger partial charge >= 0.3 is 0 Å². The van der Waals surface area contributed by atoms with Crippen molar-refractivity contribution in [1.82, 2.24) is 20.4 Å². The molecule has 5 nitrogen and oxygen atoms in total. The van der Waals surface area contributed by atoms with Gasteiger partial charge in [0, 0.05) is 37.3 Å². The highest BCUT2D eigenvalue weighted by molar-refractivity contribution is 5.21. The molecule has 0 aromatic carbocycles. The summed E-state index contributed by atoms with van der Waals surface area (Å²) in [6.45, 7) is 3.86. The van der Waals surface area contributed by atoms with Gasteiger partial charge in [0.05, 0.1) is 17.9 Å². The maximum absolute atomic E-state index is 6.31. The molecule has 2 N–H and O–H groups in total. The van der Waals surface area contributed by atoms with Gasteiger partial charge in [-0.2, -0.15) is 5.10 Å². The standard InChI is InChI=1S/C17H30N4O/c1-18-9-10-21(2)12-15-11-19-20-16(15)14-5-8-17(22-13-14)6-3-4-7-17/h11,14,18H,3-10,12-13H2,1-2H3,(H,19,20)/t14-/m0/s1. The van der Waals surface area contributed by atoms with E-state index in [0.717, 1.165) is 26.2 Å². The number of hydrogen-bond acceptors (Lipinski definition) is 4. The van der Waals surface area contributed by atoms with Crippen LogP contribution in [0.1, 0.15) is 55.7 Å². The van der Waals surface area contributed by atoms with Crippen molar-refractivity contribution in [2.24, 2.45) is 0 Å². The SMILES string of the molecule is CNCCN(C)Cc1c[nH]nc1[C@H]1CCC2(CCCC2)OC1. The molecule has 22 heavy (non-hydrogen) atoms. The first-order chi connectivity index (χ1) is 10.7. The number of hydrogen-bond donors (Lipinski definition) is 2. The topological polar surface area (TPSA) is 53.2 Å². The van der Waals surface area contributed by atoms with Gasteiger partial charge in [0.25, 0.3) is 0 Å². The van der Waals surface area contributed by atoms with Gasteiger partial charge < -0.3 is 15.0 Å². The molecular formula is C17H30N4O. The fourth-order valence-corrected chi connectivity index (χ4v) is 3.98. The van der Waals surface area contributed by atoms with Crippen LogP contribution in [0.15, 0.2) is 6.20 Å². The molecule has 2 fully saturated rings. The molecule has 5 heteroatoms. The Morgan fingerprint density at radius 3 is 2.91 bits per heavy atom. The van der Waals surface area contributed by atoms with Crippen LogP contribution in [-0.2, 0) is 11.3 Å². The molecule has 1 saturated carbocycles. The molecule has 2 heterocycles. The van der Waals surface area contributed by atoms with Crippen LogP contribution in [0.4, 0.5) is 0 Å². The maximum Gasteiger partial charge on any atom is 0.0720 e. The van der Waals surface area contributed by atoms with E-state index < -0.39 is 0 Å². The van der Waals surface area contributed by atoms with E-state index in [9.17, 15) is 0 Å². The zero-order chi connectivity index (χ0) is 15.4. The third-order valence-corrected chi connectivity index (χ3v) is 5.38. The van der Waals surface area contributed by atoms with Gasteiger partial charge in [-0.1, -0.05) is 12.8 Å². The average molecular weight is 306 g/mol. The highest BCUT2D eigenvalue weighted by Gasteiger charge is 2.39. The molecule has 0 bridgehead atoms. The van der Waals surface area contributed by atoms with Crippen LogP contribution < -0.4 is 5.32 Å². The van der Waals surface area contributed by atoms with Gasteiger partial charge in [-0.25, -0.2) is 0 Å². The van der Waals surface area contributed by atoms with Crippen LogP contribution in [0, 0.1) is 0 Å². The number of nitrogens with zero attached hydrogens (tertiary/aromatic N) is 2. The van der Waals surface area contributed by atoms with Gasteiger partial charge in [0.2, 0.25) is 0 Å². The fraction of sp³-hybridized carbons (Fsp3) is 0.824. The molecular weight excluding hydrogens is 276 g/mol. The zero-order valence-corrected chi connectivity index (χ0v) is 14.0. The lowest BCUT2D eigenvalue weighted by atomic mass is 9.85. The monoisotopic (exact) mass is 306 g/mol. The Kier molecular flexibility index (Phi) is 5.16. The Balaban J connectivity index is 1.58. The van der Waals surface area contributed by atoms with Crippen molar-refractivity contribution >= 4 is 0 Å². The molecule has 0 amide bonds. The molecule has 1 spiro atoms. The molecule has 1 aliphatic carbocycles. The largest absolute Gasteiger partial charge is 0.374 e. The minimum absolute atomic E-state index is 0.219. The number of H-pyrrole nitrogens is 1. The number of likely N-dealkylation sites (N-methyl/N-ethyl adjacent to an activating group) is 2. The summed E-state index contributed by atoms with van der Waals surface area (Å²) in [4.78, 5) is 2.34. The fourth-order valence-electron chi connectivity index (χ4n) is 3.98. The minimum Gasteiger partial charge on any atom is -0.374 e. The maximum atomic E-state index is 6.31. The van der Waals surface area contributed by atoms with Crippen LogP contribution in [0.3, 0.4) is 0 Å². The van der Waals surface area contributed by atoms with Gasteiger partial charge in [0.1, 0.15) is 0 Å². The van der Waals surface area contributed by atoms with Gasteiger partial charge in [-0.3, -0.25) is 5.10 Å². The molecule has 1 aliphatic heterocycles. The summed E-state index contributed by atoms with van der Waals surface area (Å²) in [6.07, 6.45) is 9.70. The molecule has 2 aliphatic rings.